The number of carbonyl (C=O) groups is 2. The first-order valence-electron chi connectivity index (χ1n) is 9.81. The largest absolute Gasteiger partial charge is 0.478 e. The van der Waals surface area contributed by atoms with Gasteiger partial charge in [-0.1, -0.05) is 58.0 Å². The second-order valence-corrected chi connectivity index (χ2v) is 9.13. The predicted octanol–water partition coefficient (Wildman–Crippen LogP) is 5.48. The van der Waals surface area contributed by atoms with Crippen LogP contribution in [0.15, 0.2) is 42.5 Å². The van der Waals surface area contributed by atoms with Crippen LogP contribution in [0.1, 0.15) is 80.4 Å². The molecule has 0 radical (unpaired) electrons. The molecular formula is C24H29NO3. The minimum absolute atomic E-state index is 0.0764. The first kappa shape index (κ1) is 20.1. The van der Waals surface area contributed by atoms with E-state index in [9.17, 15) is 14.7 Å². The molecule has 28 heavy (non-hydrogen) atoms. The molecule has 2 aromatic carbocycles. The molecule has 0 bridgehead atoms. The normalized spacial score (nSPS) is 18.0. The molecule has 2 aromatic rings. The van der Waals surface area contributed by atoms with Crippen LogP contribution in [0.2, 0.25) is 0 Å². The summed E-state index contributed by atoms with van der Waals surface area (Å²) in [5.41, 5.74) is 4.25. The van der Waals surface area contributed by atoms with Crippen molar-refractivity contribution in [3.63, 3.8) is 0 Å². The maximum absolute atomic E-state index is 12.8. The van der Waals surface area contributed by atoms with Crippen LogP contribution in [-0.2, 0) is 15.6 Å². The lowest BCUT2D eigenvalue weighted by molar-refractivity contribution is -0.117. The average molecular weight is 380 g/mol. The summed E-state index contributed by atoms with van der Waals surface area (Å²) < 4.78 is 0. The Labute approximate surface area is 167 Å². The SMILES string of the molecule is CC(C(=O)Nc1ccccc1C(=O)O)c1ccc2c(c1)C(C)(C)CCC2(C)C. The molecule has 0 fully saturated rings. The number of hydrogen-bond acceptors (Lipinski definition) is 2. The second-order valence-electron chi connectivity index (χ2n) is 9.13. The monoisotopic (exact) mass is 379 g/mol. The molecule has 148 valence electrons. The van der Waals surface area contributed by atoms with Gasteiger partial charge in [-0.2, -0.15) is 0 Å². The van der Waals surface area contributed by atoms with E-state index in [1.165, 1.54) is 17.2 Å². The molecule has 1 unspecified atom stereocenters. The number of nitrogens with one attached hydrogen (secondary N) is 1. The van der Waals surface area contributed by atoms with Gasteiger partial charge in [-0.3, -0.25) is 4.79 Å². The molecule has 3 rings (SSSR count). The molecule has 1 aliphatic rings. The number of hydrogen-bond donors (Lipinski definition) is 2. The van der Waals surface area contributed by atoms with Gasteiger partial charge in [-0.05, 0) is 59.4 Å². The minimum atomic E-state index is -1.05. The third-order valence-corrected chi connectivity index (χ3v) is 6.19. The third-order valence-electron chi connectivity index (χ3n) is 6.19. The lowest BCUT2D eigenvalue weighted by Gasteiger charge is -2.42. The van der Waals surface area contributed by atoms with Crippen LogP contribution in [-0.4, -0.2) is 17.0 Å². The Morgan fingerprint density at radius 2 is 1.57 bits per heavy atom. The summed E-state index contributed by atoms with van der Waals surface area (Å²) in [5, 5.41) is 12.1. The van der Waals surface area contributed by atoms with Gasteiger partial charge in [0.15, 0.2) is 0 Å². The van der Waals surface area contributed by atoms with Crippen molar-refractivity contribution in [2.45, 2.75) is 64.2 Å². The molecule has 0 aliphatic heterocycles. The maximum atomic E-state index is 12.8. The number of amides is 1. The van der Waals surface area contributed by atoms with Crippen molar-refractivity contribution in [1.82, 2.24) is 0 Å². The number of benzene rings is 2. The number of rotatable bonds is 4. The quantitative estimate of drug-likeness (QED) is 0.739. The summed E-state index contributed by atoms with van der Waals surface area (Å²) in [6.45, 7) is 10.9. The molecule has 4 heteroatoms. The van der Waals surface area contributed by atoms with Crippen molar-refractivity contribution in [3.05, 3.63) is 64.7 Å². The van der Waals surface area contributed by atoms with E-state index in [1.807, 2.05) is 13.0 Å². The zero-order chi connectivity index (χ0) is 20.7. The molecule has 4 nitrogen and oxygen atoms in total. The lowest BCUT2D eigenvalue weighted by atomic mass is 9.62. The van der Waals surface area contributed by atoms with E-state index in [1.54, 1.807) is 18.2 Å². The van der Waals surface area contributed by atoms with Gasteiger partial charge in [0, 0.05) is 0 Å². The Balaban J connectivity index is 1.90. The third kappa shape index (κ3) is 3.68. The minimum Gasteiger partial charge on any atom is -0.478 e. The van der Waals surface area contributed by atoms with Crippen molar-refractivity contribution in [3.8, 4) is 0 Å². The van der Waals surface area contributed by atoms with Gasteiger partial charge in [-0.15, -0.1) is 0 Å². The van der Waals surface area contributed by atoms with Crippen LogP contribution < -0.4 is 5.32 Å². The fourth-order valence-corrected chi connectivity index (χ4v) is 4.05. The Hall–Kier alpha value is -2.62. The maximum Gasteiger partial charge on any atom is 0.337 e. The van der Waals surface area contributed by atoms with Crippen molar-refractivity contribution in [1.29, 1.82) is 0 Å². The first-order chi connectivity index (χ1) is 13.0. The number of para-hydroxylation sites is 1. The van der Waals surface area contributed by atoms with E-state index in [0.717, 1.165) is 18.4 Å². The van der Waals surface area contributed by atoms with Gasteiger partial charge >= 0.3 is 5.97 Å². The Bertz CT molecular complexity index is 927. The molecule has 0 aromatic heterocycles. The molecule has 1 amide bonds. The lowest BCUT2D eigenvalue weighted by Crippen LogP contribution is -2.34. The van der Waals surface area contributed by atoms with Gasteiger partial charge < -0.3 is 10.4 Å². The van der Waals surface area contributed by atoms with Crippen molar-refractivity contribution >= 4 is 17.6 Å². The van der Waals surface area contributed by atoms with Gasteiger partial charge in [0.1, 0.15) is 0 Å². The highest BCUT2D eigenvalue weighted by Crippen LogP contribution is 2.46. The average Bonchev–Trinajstić information content (AvgIpc) is 2.65. The smallest absolute Gasteiger partial charge is 0.337 e. The molecule has 0 saturated carbocycles. The van der Waals surface area contributed by atoms with E-state index in [4.69, 9.17) is 0 Å². The van der Waals surface area contributed by atoms with E-state index in [-0.39, 0.29) is 28.2 Å². The molecule has 2 N–H and O–H groups in total. The molecule has 0 heterocycles. The summed E-state index contributed by atoms with van der Waals surface area (Å²) in [7, 11) is 0. The highest BCUT2D eigenvalue weighted by Gasteiger charge is 2.37. The number of carboxylic acids is 1. The van der Waals surface area contributed by atoms with Crippen molar-refractivity contribution < 1.29 is 14.7 Å². The number of aromatic carboxylic acids is 1. The number of carbonyl (C=O) groups excluding carboxylic acids is 1. The van der Waals surface area contributed by atoms with Crippen LogP contribution in [0, 0.1) is 0 Å². The van der Waals surface area contributed by atoms with Gasteiger partial charge in [-0.25, -0.2) is 4.79 Å². The first-order valence-corrected chi connectivity index (χ1v) is 9.81. The summed E-state index contributed by atoms with van der Waals surface area (Å²) in [6.07, 6.45) is 2.26. The standard InChI is InChI=1S/C24H29NO3/c1-15(21(26)25-20-9-7-6-8-17(20)22(27)28)16-10-11-18-19(14-16)24(4,5)13-12-23(18,2)3/h6-11,14-15H,12-13H2,1-5H3,(H,25,26)(H,27,28). The predicted molar refractivity (Wildman–Crippen MR) is 112 cm³/mol. The van der Waals surface area contributed by atoms with Gasteiger partial charge in [0.25, 0.3) is 0 Å². The highest BCUT2D eigenvalue weighted by molar-refractivity contribution is 6.02. The number of carboxylic acid groups (broad SMARTS) is 1. The molecule has 1 atom stereocenters. The fraction of sp³-hybridized carbons (Fsp3) is 0.417. The Kier molecular flexibility index (Phi) is 5.09. The fourth-order valence-electron chi connectivity index (χ4n) is 4.05. The molecule has 0 saturated heterocycles. The summed E-state index contributed by atoms with van der Waals surface area (Å²) >= 11 is 0. The number of anilines is 1. The van der Waals surface area contributed by atoms with E-state index >= 15 is 0 Å². The summed E-state index contributed by atoms with van der Waals surface area (Å²) in [4.78, 5) is 24.2. The van der Waals surface area contributed by atoms with Crippen LogP contribution >= 0.6 is 0 Å². The van der Waals surface area contributed by atoms with Crippen LogP contribution in [0.5, 0.6) is 0 Å². The van der Waals surface area contributed by atoms with E-state index in [2.05, 4.69) is 45.1 Å². The summed E-state index contributed by atoms with van der Waals surface area (Å²) in [6, 6.07) is 12.9. The highest BCUT2D eigenvalue weighted by atomic mass is 16.4. The topological polar surface area (TPSA) is 66.4 Å². The van der Waals surface area contributed by atoms with Crippen LogP contribution in [0.4, 0.5) is 5.69 Å². The number of fused-ring (bicyclic) bond motifs is 1. The summed E-state index contributed by atoms with van der Waals surface area (Å²) in [5.74, 6) is -1.64. The van der Waals surface area contributed by atoms with Crippen molar-refractivity contribution in [2.75, 3.05) is 5.32 Å². The van der Waals surface area contributed by atoms with Crippen LogP contribution in [0.25, 0.3) is 0 Å². The van der Waals surface area contributed by atoms with E-state index in [0.29, 0.717) is 5.69 Å². The van der Waals surface area contributed by atoms with Crippen LogP contribution in [0.3, 0.4) is 0 Å². The molecule has 0 spiro atoms. The zero-order valence-corrected chi connectivity index (χ0v) is 17.3. The van der Waals surface area contributed by atoms with Gasteiger partial charge in [0.05, 0.1) is 17.2 Å². The molecular weight excluding hydrogens is 350 g/mol. The second kappa shape index (κ2) is 7.08. The Morgan fingerprint density at radius 3 is 2.21 bits per heavy atom. The van der Waals surface area contributed by atoms with Gasteiger partial charge in [0.2, 0.25) is 5.91 Å². The zero-order valence-electron chi connectivity index (χ0n) is 17.3. The van der Waals surface area contributed by atoms with Crippen molar-refractivity contribution in [2.24, 2.45) is 0 Å². The molecule has 1 aliphatic carbocycles. The van der Waals surface area contributed by atoms with E-state index < -0.39 is 5.97 Å². The Morgan fingerprint density at radius 1 is 0.964 bits per heavy atom.